The zero-order chi connectivity index (χ0) is 15.3. The lowest BCUT2D eigenvalue weighted by molar-refractivity contribution is 0.350. The average molecular weight is 307 g/mol. The quantitative estimate of drug-likeness (QED) is 0.839. The third-order valence-electron chi connectivity index (χ3n) is 3.79. The Bertz CT molecular complexity index is 650. The van der Waals surface area contributed by atoms with Crippen molar-refractivity contribution < 1.29 is 13.5 Å². The van der Waals surface area contributed by atoms with Gasteiger partial charge >= 0.3 is 0 Å². The minimum absolute atomic E-state index is 0.183. The Morgan fingerprint density at radius 2 is 2.05 bits per heavy atom. The van der Waals surface area contributed by atoms with Crippen LogP contribution >= 0.6 is 0 Å². The van der Waals surface area contributed by atoms with Crippen LogP contribution in [0.15, 0.2) is 18.2 Å². The largest absolute Gasteiger partial charge is 0.384 e. The Balaban J connectivity index is 2.23. The van der Waals surface area contributed by atoms with Crippen molar-refractivity contribution in [2.75, 3.05) is 11.3 Å². The van der Waals surface area contributed by atoms with Crippen LogP contribution in [0.25, 0.3) is 0 Å². The van der Waals surface area contributed by atoms with Crippen molar-refractivity contribution in [3.63, 3.8) is 0 Å². The van der Waals surface area contributed by atoms with Crippen LogP contribution in [0, 0.1) is 11.8 Å². The summed E-state index contributed by atoms with van der Waals surface area (Å²) in [5, 5.41) is 8.45. The molecule has 0 amide bonds. The van der Waals surface area contributed by atoms with Gasteiger partial charge in [0, 0.05) is 5.56 Å². The lowest BCUT2D eigenvalue weighted by Gasteiger charge is -2.16. The van der Waals surface area contributed by atoms with Gasteiger partial charge in [0.25, 0.3) is 0 Å². The lowest BCUT2D eigenvalue weighted by Crippen LogP contribution is -2.25. The minimum atomic E-state index is -3.30. The molecule has 0 atom stereocenters. The summed E-state index contributed by atoms with van der Waals surface area (Å²) in [5.74, 6) is 5.43. The number of anilines is 1. The third kappa shape index (κ3) is 3.99. The van der Waals surface area contributed by atoms with Crippen molar-refractivity contribution in [3.8, 4) is 11.8 Å². The molecule has 2 rings (SSSR count). The second-order valence-corrected chi connectivity index (χ2v) is 7.20. The number of hydrogen-bond acceptors (Lipinski definition) is 3. The highest BCUT2D eigenvalue weighted by Gasteiger charge is 2.28. The summed E-state index contributed by atoms with van der Waals surface area (Å²) >= 11 is 0. The Kier molecular flexibility index (Phi) is 5.27. The molecule has 0 aliphatic heterocycles. The van der Waals surface area contributed by atoms with E-state index in [4.69, 9.17) is 5.11 Å². The lowest BCUT2D eigenvalue weighted by atomic mass is 10.1. The minimum Gasteiger partial charge on any atom is -0.384 e. The summed E-state index contributed by atoms with van der Waals surface area (Å²) in [7, 11) is -3.30. The van der Waals surface area contributed by atoms with Gasteiger partial charge in [-0.2, -0.15) is 0 Å². The average Bonchev–Trinajstić information content (AvgIpc) is 3.01. The van der Waals surface area contributed by atoms with Crippen LogP contribution in [0.3, 0.4) is 0 Å². The van der Waals surface area contributed by atoms with E-state index in [0.717, 1.165) is 43.2 Å². The van der Waals surface area contributed by atoms with E-state index in [1.807, 2.05) is 13.0 Å². The van der Waals surface area contributed by atoms with Crippen LogP contribution in [0.5, 0.6) is 0 Å². The molecular weight excluding hydrogens is 286 g/mol. The molecule has 0 spiro atoms. The summed E-state index contributed by atoms with van der Waals surface area (Å²) in [4.78, 5) is 0. The maximum absolute atomic E-state index is 12.4. The number of benzene rings is 1. The van der Waals surface area contributed by atoms with E-state index in [1.54, 1.807) is 12.1 Å². The van der Waals surface area contributed by atoms with E-state index in [9.17, 15) is 8.42 Å². The number of aryl methyl sites for hydroxylation is 1. The highest BCUT2D eigenvalue weighted by atomic mass is 32.2. The maximum atomic E-state index is 12.4. The number of nitrogens with one attached hydrogen (secondary N) is 1. The van der Waals surface area contributed by atoms with Crippen LogP contribution in [0.2, 0.25) is 0 Å². The molecule has 1 aliphatic rings. The van der Waals surface area contributed by atoms with Gasteiger partial charge in [0.15, 0.2) is 0 Å². The van der Waals surface area contributed by atoms with Gasteiger partial charge in [0.2, 0.25) is 10.0 Å². The third-order valence-corrected chi connectivity index (χ3v) is 5.64. The Labute approximate surface area is 126 Å². The first-order chi connectivity index (χ1) is 10.1. The van der Waals surface area contributed by atoms with Crippen LogP contribution in [0.1, 0.15) is 43.7 Å². The highest BCUT2D eigenvalue weighted by molar-refractivity contribution is 7.93. The second-order valence-electron chi connectivity index (χ2n) is 5.24. The highest BCUT2D eigenvalue weighted by Crippen LogP contribution is 2.27. The van der Waals surface area contributed by atoms with Gasteiger partial charge in [-0.1, -0.05) is 31.6 Å². The summed E-state index contributed by atoms with van der Waals surface area (Å²) in [5.41, 5.74) is 2.34. The standard InChI is InChI=1S/C16H21NO3S/c1-2-14-12-13(6-5-11-18)9-10-16(14)17-21(19,20)15-7-3-4-8-15/h9-10,12,15,17-18H,2-4,7-8,11H2,1H3. The van der Waals surface area contributed by atoms with Gasteiger partial charge in [0.05, 0.1) is 10.9 Å². The van der Waals surface area contributed by atoms with E-state index in [2.05, 4.69) is 16.6 Å². The normalized spacial score (nSPS) is 15.5. The topological polar surface area (TPSA) is 66.4 Å². The fourth-order valence-corrected chi connectivity index (χ4v) is 4.27. The van der Waals surface area contributed by atoms with Crippen LogP contribution in [-0.4, -0.2) is 25.4 Å². The molecule has 1 saturated carbocycles. The maximum Gasteiger partial charge on any atom is 0.235 e. The van der Waals surface area contributed by atoms with E-state index < -0.39 is 10.0 Å². The molecule has 1 aliphatic carbocycles. The van der Waals surface area contributed by atoms with Gasteiger partial charge in [0.1, 0.15) is 6.61 Å². The molecule has 114 valence electrons. The molecule has 1 fully saturated rings. The first kappa shape index (κ1) is 15.9. The van der Waals surface area contributed by atoms with E-state index in [-0.39, 0.29) is 11.9 Å². The molecule has 0 bridgehead atoms. The van der Waals surface area contributed by atoms with Crippen molar-refractivity contribution in [2.24, 2.45) is 0 Å². The first-order valence-electron chi connectivity index (χ1n) is 7.31. The van der Waals surface area contributed by atoms with Gasteiger partial charge in [-0.3, -0.25) is 4.72 Å². The fraction of sp³-hybridized carbons (Fsp3) is 0.500. The Hall–Kier alpha value is -1.51. The van der Waals surface area contributed by atoms with Gasteiger partial charge in [-0.05, 0) is 43.0 Å². The second kappa shape index (κ2) is 6.97. The van der Waals surface area contributed by atoms with Gasteiger partial charge < -0.3 is 5.11 Å². The molecule has 0 aromatic heterocycles. The van der Waals surface area contributed by atoms with Crippen molar-refractivity contribution >= 4 is 15.7 Å². The Morgan fingerprint density at radius 1 is 1.33 bits per heavy atom. The number of hydrogen-bond donors (Lipinski definition) is 2. The molecule has 0 heterocycles. The number of aliphatic hydroxyl groups is 1. The van der Waals surface area contributed by atoms with Crippen molar-refractivity contribution in [1.29, 1.82) is 0 Å². The summed E-state index contributed by atoms with van der Waals surface area (Å²) in [6.07, 6.45) is 4.19. The number of aliphatic hydroxyl groups excluding tert-OH is 1. The zero-order valence-corrected chi connectivity index (χ0v) is 13.0. The molecule has 4 nitrogen and oxygen atoms in total. The van der Waals surface area contributed by atoms with Crippen LogP contribution < -0.4 is 4.72 Å². The van der Waals surface area contributed by atoms with E-state index in [0.29, 0.717) is 5.69 Å². The number of rotatable bonds is 4. The van der Waals surface area contributed by atoms with Crippen LogP contribution in [-0.2, 0) is 16.4 Å². The molecule has 0 unspecified atom stereocenters. The molecule has 21 heavy (non-hydrogen) atoms. The molecule has 0 saturated heterocycles. The van der Waals surface area contributed by atoms with Crippen LogP contribution in [0.4, 0.5) is 5.69 Å². The first-order valence-corrected chi connectivity index (χ1v) is 8.85. The molecule has 0 radical (unpaired) electrons. The Morgan fingerprint density at radius 3 is 2.67 bits per heavy atom. The van der Waals surface area contributed by atoms with Crippen molar-refractivity contribution in [1.82, 2.24) is 0 Å². The monoisotopic (exact) mass is 307 g/mol. The van der Waals surface area contributed by atoms with Gasteiger partial charge in [-0.15, -0.1) is 0 Å². The summed E-state index contributed by atoms with van der Waals surface area (Å²) in [6.45, 7) is 1.80. The molecule has 5 heteroatoms. The fourth-order valence-electron chi connectivity index (χ4n) is 2.64. The van der Waals surface area contributed by atoms with Crippen molar-refractivity contribution in [3.05, 3.63) is 29.3 Å². The molecular formula is C16H21NO3S. The smallest absolute Gasteiger partial charge is 0.235 e. The van der Waals surface area contributed by atoms with E-state index >= 15 is 0 Å². The SMILES string of the molecule is CCc1cc(C#CCO)ccc1NS(=O)(=O)C1CCCC1. The predicted octanol–water partition coefficient (Wildman–Crippen LogP) is 2.28. The zero-order valence-electron chi connectivity index (χ0n) is 12.2. The van der Waals surface area contributed by atoms with E-state index in [1.165, 1.54) is 0 Å². The molecule has 1 aromatic carbocycles. The summed E-state index contributed by atoms with van der Waals surface area (Å²) < 4.78 is 27.4. The predicted molar refractivity (Wildman–Crippen MR) is 84.6 cm³/mol. The molecule has 1 aromatic rings. The van der Waals surface area contributed by atoms with Gasteiger partial charge in [-0.25, -0.2) is 8.42 Å². The summed E-state index contributed by atoms with van der Waals surface area (Å²) in [6, 6.07) is 5.40. The van der Waals surface area contributed by atoms with Crippen molar-refractivity contribution in [2.45, 2.75) is 44.3 Å². The number of sulfonamides is 1. The molecule has 2 N–H and O–H groups in total.